The van der Waals surface area contributed by atoms with Crippen LogP contribution >= 0.6 is 11.3 Å². The van der Waals surface area contributed by atoms with E-state index < -0.39 is 0 Å². The molecule has 21 heavy (non-hydrogen) atoms. The highest BCUT2D eigenvalue weighted by molar-refractivity contribution is 7.11. The molecule has 1 N–H and O–H groups in total. The quantitative estimate of drug-likeness (QED) is 0.908. The van der Waals surface area contributed by atoms with E-state index in [4.69, 9.17) is 0 Å². The molecule has 1 aromatic rings. The number of aryl methyl sites for hydroxylation is 1. The molecule has 1 aliphatic heterocycles. The van der Waals surface area contributed by atoms with E-state index in [2.05, 4.69) is 38.2 Å². The number of nitrogens with one attached hydrogen (secondary N) is 1. The second-order valence-electron chi connectivity index (χ2n) is 6.28. The molecule has 2 rings (SSSR count). The van der Waals surface area contributed by atoms with Gasteiger partial charge in [-0.1, -0.05) is 13.8 Å². The molecule has 0 spiro atoms. The largest absolute Gasteiger partial charge is 0.343 e. The summed E-state index contributed by atoms with van der Waals surface area (Å²) in [6.45, 7) is 8.42. The molecule has 2 unspecified atom stereocenters. The number of nitrogens with zero attached hydrogens (tertiary/aromatic N) is 1. The smallest absolute Gasteiger partial charge is 0.245 e. The van der Waals surface area contributed by atoms with E-state index in [0.717, 1.165) is 6.42 Å². The van der Waals surface area contributed by atoms with Crippen molar-refractivity contribution in [1.82, 2.24) is 10.2 Å². The monoisotopic (exact) mass is 308 g/mol. The van der Waals surface area contributed by atoms with Gasteiger partial charge in [-0.15, -0.1) is 11.3 Å². The Labute approximate surface area is 130 Å². The number of hydrogen-bond acceptors (Lipinski definition) is 3. The molecule has 4 nitrogen and oxygen atoms in total. The average molecular weight is 308 g/mol. The van der Waals surface area contributed by atoms with Crippen molar-refractivity contribution < 1.29 is 9.59 Å². The van der Waals surface area contributed by atoms with Crippen LogP contribution in [0, 0.1) is 12.8 Å². The highest BCUT2D eigenvalue weighted by Gasteiger charge is 2.35. The lowest BCUT2D eigenvalue weighted by Gasteiger charge is -2.37. The minimum atomic E-state index is -0.362. The van der Waals surface area contributed by atoms with E-state index in [1.807, 2.05) is 6.92 Å². The fourth-order valence-corrected chi connectivity index (χ4v) is 3.75. The van der Waals surface area contributed by atoms with E-state index in [9.17, 15) is 9.59 Å². The van der Waals surface area contributed by atoms with Crippen molar-refractivity contribution in [2.45, 2.75) is 52.6 Å². The summed E-state index contributed by atoms with van der Waals surface area (Å²) in [5.74, 6) is 0.396. The number of thiophene rings is 1. The molecule has 1 fully saturated rings. The van der Waals surface area contributed by atoms with Gasteiger partial charge in [0.15, 0.2) is 0 Å². The van der Waals surface area contributed by atoms with Crippen LogP contribution in [0.5, 0.6) is 0 Å². The molecule has 0 aliphatic carbocycles. The standard InChI is InChI=1S/C16H24N2O2S/c1-10(2)7-14-16(20)18(9-15(19)17-14)11(3)8-13-6-5-12(4)21-13/h5-6,10-11,14H,7-9H2,1-4H3,(H,17,19). The normalized spacial score (nSPS) is 20.8. The van der Waals surface area contributed by atoms with Gasteiger partial charge in [-0.3, -0.25) is 9.59 Å². The zero-order valence-electron chi connectivity index (χ0n) is 13.2. The van der Waals surface area contributed by atoms with Gasteiger partial charge in [0.05, 0.1) is 6.54 Å². The third-order valence-electron chi connectivity index (χ3n) is 3.76. The Kier molecular flexibility index (Phi) is 5.04. The molecular formula is C16H24N2O2S. The molecule has 1 saturated heterocycles. The van der Waals surface area contributed by atoms with Crippen molar-refractivity contribution in [2.24, 2.45) is 5.92 Å². The fraction of sp³-hybridized carbons (Fsp3) is 0.625. The average Bonchev–Trinajstić information content (AvgIpc) is 2.78. The van der Waals surface area contributed by atoms with Gasteiger partial charge in [-0.25, -0.2) is 0 Å². The highest BCUT2D eigenvalue weighted by Crippen LogP contribution is 2.20. The van der Waals surface area contributed by atoms with Crippen LogP contribution in [-0.2, 0) is 16.0 Å². The summed E-state index contributed by atoms with van der Waals surface area (Å²) in [4.78, 5) is 28.7. The maximum atomic E-state index is 12.6. The maximum Gasteiger partial charge on any atom is 0.245 e. The molecule has 0 saturated carbocycles. The topological polar surface area (TPSA) is 49.4 Å². The number of rotatable bonds is 5. The minimum absolute atomic E-state index is 0.0468. The predicted molar refractivity (Wildman–Crippen MR) is 85.3 cm³/mol. The van der Waals surface area contributed by atoms with Crippen LogP contribution in [0.4, 0.5) is 0 Å². The van der Waals surface area contributed by atoms with Crippen LogP contribution in [0.3, 0.4) is 0 Å². The third kappa shape index (κ3) is 4.06. The summed E-state index contributed by atoms with van der Waals surface area (Å²) in [6.07, 6.45) is 1.51. The first kappa shape index (κ1) is 16.0. The summed E-state index contributed by atoms with van der Waals surface area (Å²) in [5, 5.41) is 2.82. The number of amides is 2. The first-order valence-corrected chi connectivity index (χ1v) is 8.33. The second kappa shape index (κ2) is 6.60. The molecule has 0 radical (unpaired) electrons. The van der Waals surface area contributed by atoms with E-state index in [1.165, 1.54) is 9.75 Å². The Morgan fingerprint density at radius 3 is 2.62 bits per heavy atom. The Hall–Kier alpha value is -1.36. The van der Waals surface area contributed by atoms with E-state index in [0.29, 0.717) is 12.3 Å². The number of carbonyl (C=O) groups excluding carboxylic acids is 2. The zero-order chi connectivity index (χ0) is 15.6. The summed E-state index contributed by atoms with van der Waals surface area (Å²) < 4.78 is 0. The minimum Gasteiger partial charge on any atom is -0.343 e. The first-order valence-electron chi connectivity index (χ1n) is 7.52. The molecule has 5 heteroatoms. The molecule has 1 aromatic heterocycles. The van der Waals surface area contributed by atoms with Crippen LogP contribution in [-0.4, -0.2) is 35.3 Å². The second-order valence-corrected chi connectivity index (χ2v) is 7.65. The predicted octanol–water partition coefficient (Wildman–Crippen LogP) is 2.36. The van der Waals surface area contributed by atoms with Crippen molar-refractivity contribution in [3.8, 4) is 0 Å². The Balaban J connectivity index is 2.05. The first-order chi connectivity index (χ1) is 9.86. The van der Waals surface area contributed by atoms with Gasteiger partial charge < -0.3 is 10.2 Å². The van der Waals surface area contributed by atoms with Gasteiger partial charge in [-0.05, 0) is 38.3 Å². The van der Waals surface area contributed by atoms with Gasteiger partial charge in [0, 0.05) is 22.2 Å². The number of carbonyl (C=O) groups is 2. The molecule has 2 amide bonds. The van der Waals surface area contributed by atoms with Crippen molar-refractivity contribution in [2.75, 3.05) is 6.54 Å². The van der Waals surface area contributed by atoms with Crippen LogP contribution in [0.25, 0.3) is 0 Å². The Morgan fingerprint density at radius 1 is 1.33 bits per heavy atom. The van der Waals surface area contributed by atoms with E-state index >= 15 is 0 Å². The molecule has 0 bridgehead atoms. The van der Waals surface area contributed by atoms with Crippen LogP contribution in [0.15, 0.2) is 12.1 Å². The van der Waals surface area contributed by atoms with Crippen molar-refractivity contribution in [3.05, 3.63) is 21.9 Å². The van der Waals surface area contributed by atoms with Gasteiger partial charge in [0.1, 0.15) is 6.04 Å². The van der Waals surface area contributed by atoms with E-state index in [1.54, 1.807) is 16.2 Å². The van der Waals surface area contributed by atoms with Crippen molar-refractivity contribution in [1.29, 1.82) is 0 Å². The Morgan fingerprint density at radius 2 is 2.05 bits per heavy atom. The summed E-state index contributed by atoms with van der Waals surface area (Å²) in [7, 11) is 0. The van der Waals surface area contributed by atoms with Crippen molar-refractivity contribution in [3.63, 3.8) is 0 Å². The molecule has 2 heterocycles. The van der Waals surface area contributed by atoms with Gasteiger partial charge >= 0.3 is 0 Å². The number of hydrogen-bond donors (Lipinski definition) is 1. The lowest BCUT2D eigenvalue weighted by molar-refractivity contribution is -0.146. The van der Waals surface area contributed by atoms with Gasteiger partial charge in [-0.2, -0.15) is 0 Å². The zero-order valence-corrected chi connectivity index (χ0v) is 14.0. The number of piperazine rings is 1. The van der Waals surface area contributed by atoms with Crippen LogP contribution in [0.1, 0.15) is 36.9 Å². The van der Waals surface area contributed by atoms with Gasteiger partial charge in [0.25, 0.3) is 0 Å². The lowest BCUT2D eigenvalue weighted by Crippen LogP contribution is -2.60. The highest BCUT2D eigenvalue weighted by atomic mass is 32.1. The molecule has 2 atom stereocenters. The summed E-state index contributed by atoms with van der Waals surface area (Å²) in [5.41, 5.74) is 0. The summed E-state index contributed by atoms with van der Waals surface area (Å²) >= 11 is 1.76. The summed E-state index contributed by atoms with van der Waals surface area (Å²) in [6, 6.07) is 3.89. The van der Waals surface area contributed by atoms with Crippen molar-refractivity contribution >= 4 is 23.2 Å². The fourth-order valence-electron chi connectivity index (χ4n) is 2.73. The van der Waals surface area contributed by atoms with Crippen LogP contribution < -0.4 is 5.32 Å². The maximum absolute atomic E-state index is 12.6. The molecule has 1 aliphatic rings. The van der Waals surface area contributed by atoms with E-state index in [-0.39, 0.29) is 30.4 Å². The third-order valence-corrected chi connectivity index (χ3v) is 4.79. The molecular weight excluding hydrogens is 284 g/mol. The van der Waals surface area contributed by atoms with Crippen LogP contribution in [0.2, 0.25) is 0 Å². The molecule has 116 valence electrons. The SMILES string of the molecule is Cc1ccc(CC(C)N2CC(=O)NC(CC(C)C)C2=O)s1. The lowest BCUT2D eigenvalue weighted by atomic mass is 9.99. The van der Waals surface area contributed by atoms with Gasteiger partial charge in [0.2, 0.25) is 11.8 Å². The Bertz CT molecular complexity index is 524. The molecule has 0 aromatic carbocycles.